The Morgan fingerprint density at radius 2 is 1.69 bits per heavy atom. The minimum absolute atomic E-state index is 0.00491. The Morgan fingerprint density at radius 1 is 0.944 bits per heavy atom. The SMILES string of the molecule is CC[C@H]1C[C@]1(NC(=O)[C@@H]1C[C@@H]2CN1C(=O)[C@H](C1CCCC1)NC(=O)O[C@H]1C[C@@H]1CCCCCn1c(cc3ccccc3c1=O)O2)C(=O)NS(=O)(=O)C1CC1. The number of carbonyl (C=O) groups is 4. The Balaban J connectivity index is 1.12. The number of amides is 4. The van der Waals surface area contributed by atoms with E-state index in [-0.39, 0.29) is 48.8 Å². The van der Waals surface area contributed by atoms with Gasteiger partial charge in [-0.2, -0.15) is 0 Å². The largest absolute Gasteiger partial charge is 0.473 e. The highest BCUT2D eigenvalue weighted by atomic mass is 32.2. The monoisotopic (exact) mass is 765 g/mol. The normalized spacial score (nSPS) is 31.9. The number of alkyl carbamates (subject to hydrolysis) is 1. The van der Waals surface area contributed by atoms with Gasteiger partial charge in [-0.1, -0.05) is 57.2 Å². The first-order chi connectivity index (χ1) is 26.0. The van der Waals surface area contributed by atoms with Gasteiger partial charge in [0.2, 0.25) is 21.8 Å². The van der Waals surface area contributed by atoms with Crippen molar-refractivity contribution in [3.05, 3.63) is 40.7 Å². The van der Waals surface area contributed by atoms with E-state index >= 15 is 0 Å². The van der Waals surface area contributed by atoms with Gasteiger partial charge >= 0.3 is 6.09 Å². The molecule has 0 unspecified atom stereocenters. The van der Waals surface area contributed by atoms with Gasteiger partial charge in [-0.05, 0) is 80.6 Å². The van der Waals surface area contributed by atoms with E-state index in [0.29, 0.717) is 42.5 Å². The third-order valence-electron chi connectivity index (χ3n) is 12.6. The highest BCUT2D eigenvalue weighted by Crippen LogP contribution is 2.47. The Hall–Kier alpha value is -4.14. The lowest BCUT2D eigenvalue weighted by Gasteiger charge is -2.32. The fourth-order valence-electron chi connectivity index (χ4n) is 9.09. The van der Waals surface area contributed by atoms with Crippen LogP contribution in [0.1, 0.15) is 96.8 Å². The van der Waals surface area contributed by atoms with Crippen molar-refractivity contribution >= 4 is 44.6 Å². The molecule has 1 saturated heterocycles. The topological polar surface area (TPSA) is 182 Å². The van der Waals surface area contributed by atoms with Crippen LogP contribution in [0.15, 0.2) is 35.1 Å². The van der Waals surface area contributed by atoms with Gasteiger partial charge < -0.3 is 25.0 Å². The Kier molecular flexibility index (Phi) is 9.88. The first-order valence-corrected chi connectivity index (χ1v) is 21.5. The van der Waals surface area contributed by atoms with Gasteiger partial charge in [0.1, 0.15) is 29.8 Å². The number of pyridine rings is 1. The van der Waals surface area contributed by atoms with Crippen LogP contribution in [-0.2, 0) is 35.7 Å². The van der Waals surface area contributed by atoms with Crippen LogP contribution in [0.25, 0.3) is 10.8 Å². The lowest BCUT2D eigenvalue weighted by atomic mass is 9.96. The summed E-state index contributed by atoms with van der Waals surface area (Å²) in [5, 5.41) is 6.46. The van der Waals surface area contributed by atoms with Crippen LogP contribution < -0.4 is 25.7 Å². The summed E-state index contributed by atoms with van der Waals surface area (Å²) in [5.41, 5.74) is -1.61. The van der Waals surface area contributed by atoms with Gasteiger partial charge in [0.15, 0.2) is 5.88 Å². The molecule has 7 atom stereocenters. The van der Waals surface area contributed by atoms with Crippen LogP contribution in [-0.4, -0.2) is 83.3 Å². The molecule has 1 aromatic heterocycles. The number of hydrogen-bond acceptors (Lipinski definition) is 9. The van der Waals surface area contributed by atoms with E-state index in [2.05, 4.69) is 15.4 Å². The van der Waals surface area contributed by atoms with E-state index < -0.39 is 62.8 Å². The van der Waals surface area contributed by atoms with Crippen molar-refractivity contribution in [3.8, 4) is 5.88 Å². The van der Waals surface area contributed by atoms with E-state index in [1.54, 1.807) is 10.6 Å². The fraction of sp³-hybridized carbons (Fsp3) is 0.667. The van der Waals surface area contributed by atoms with Gasteiger partial charge in [-0.3, -0.25) is 28.5 Å². The summed E-state index contributed by atoms with van der Waals surface area (Å²) in [4.78, 5) is 71.3. The number of rotatable bonds is 7. The summed E-state index contributed by atoms with van der Waals surface area (Å²) >= 11 is 0. The van der Waals surface area contributed by atoms with Crippen molar-refractivity contribution in [2.75, 3.05) is 6.54 Å². The molecule has 4 saturated carbocycles. The molecule has 2 aliphatic heterocycles. The maximum atomic E-state index is 14.7. The molecule has 0 spiro atoms. The van der Waals surface area contributed by atoms with Crippen molar-refractivity contribution in [2.45, 2.75) is 138 Å². The van der Waals surface area contributed by atoms with Gasteiger partial charge in [-0.25, -0.2) is 13.2 Å². The maximum Gasteiger partial charge on any atom is 0.408 e. The number of nitrogens with zero attached hydrogens (tertiary/aromatic N) is 2. The maximum absolute atomic E-state index is 14.7. The quantitative estimate of drug-likeness (QED) is 0.380. The van der Waals surface area contributed by atoms with E-state index in [4.69, 9.17) is 9.47 Å². The third kappa shape index (κ3) is 7.32. The summed E-state index contributed by atoms with van der Waals surface area (Å²) < 4.78 is 41.8. The van der Waals surface area contributed by atoms with Crippen LogP contribution in [0.2, 0.25) is 0 Å². The zero-order valence-corrected chi connectivity index (χ0v) is 31.6. The third-order valence-corrected chi connectivity index (χ3v) is 14.5. The van der Waals surface area contributed by atoms with Crippen LogP contribution >= 0.6 is 0 Å². The molecule has 1 aromatic carbocycles. The van der Waals surface area contributed by atoms with Gasteiger partial charge in [0, 0.05) is 24.4 Å². The number of aromatic nitrogens is 1. The molecule has 3 heterocycles. The number of sulfonamides is 1. The summed E-state index contributed by atoms with van der Waals surface area (Å²) in [6.07, 6.45) is 7.74. The molecule has 292 valence electrons. The van der Waals surface area contributed by atoms with E-state index in [1.165, 1.54) is 4.90 Å². The fourth-order valence-corrected chi connectivity index (χ4v) is 10.5. The summed E-state index contributed by atoms with van der Waals surface area (Å²) in [5.74, 6) is -1.63. The van der Waals surface area contributed by atoms with Gasteiger partial charge in [-0.15, -0.1) is 0 Å². The molecule has 6 aliphatic rings. The second-order valence-electron chi connectivity index (χ2n) is 16.4. The van der Waals surface area contributed by atoms with Gasteiger partial charge in [0.25, 0.3) is 11.5 Å². The summed E-state index contributed by atoms with van der Waals surface area (Å²) in [6.45, 7) is 2.30. The second kappa shape index (κ2) is 14.5. The lowest BCUT2D eigenvalue weighted by molar-refractivity contribution is -0.142. The van der Waals surface area contributed by atoms with E-state index in [9.17, 15) is 32.4 Å². The first kappa shape index (κ1) is 36.8. The number of hydrogen-bond donors (Lipinski definition) is 3. The molecule has 5 fully saturated rings. The molecule has 0 radical (unpaired) electrons. The Labute approximate surface area is 315 Å². The molecule has 4 aliphatic carbocycles. The molecule has 4 amide bonds. The van der Waals surface area contributed by atoms with Crippen LogP contribution in [0, 0.1) is 17.8 Å². The molecule has 8 rings (SSSR count). The Bertz CT molecular complexity index is 1990. The average Bonchev–Trinajstić information content (AvgIpc) is 4.11. The highest BCUT2D eigenvalue weighted by molar-refractivity contribution is 7.91. The summed E-state index contributed by atoms with van der Waals surface area (Å²) in [6, 6.07) is 7.12. The first-order valence-electron chi connectivity index (χ1n) is 19.9. The van der Waals surface area contributed by atoms with Crippen molar-refractivity contribution in [1.82, 2.24) is 24.8 Å². The zero-order chi connectivity index (χ0) is 37.8. The minimum Gasteiger partial charge on any atom is -0.473 e. The predicted molar refractivity (Wildman–Crippen MR) is 198 cm³/mol. The lowest BCUT2D eigenvalue weighted by Crippen LogP contribution is -2.59. The highest BCUT2D eigenvalue weighted by Gasteiger charge is 2.62. The second-order valence-corrected chi connectivity index (χ2v) is 18.4. The summed E-state index contributed by atoms with van der Waals surface area (Å²) in [7, 11) is -3.87. The molecule has 2 aromatic rings. The van der Waals surface area contributed by atoms with Crippen molar-refractivity contribution in [1.29, 1.82) is 0 Å². The molecule has 54 heavy (non-hydrogen) atoms. The predicted octanol–water partition coefficient (Wildman–Crippen LogP) is 3.49. The van der Waals surface area contributed by atoms with E-state index in [1.807, 2.05) is 31.2 Å². The van der Waals surface area contributed by atoms with Gasteiger partial charge in [0.05, 0.1) is 11.8 Å². The number of carbonyl (C=O) groups excluding carboxylic acids is 4. The number of nitrogens with one attached hydrogen (secondary N) is 3. The molecule has 2 bridgehead atoms. The number of fused-ring (bicyclic) bond motifs is 5. The molecule has 15 heteroatoms. The molecular weight excluding hydrogens is 715 g/mol. The number of ether oxygens (including phenoxy) is 2. The molecule has 3 N–H and O–H groups in total. The average molecular weight is 766 g/mol. The minimum atomic E-state index is -3.87. The van der Waals surface area contributed by atoms with Crippen LogP contribution in [0.5, 0.6) is 5.88 Å². The standard InChI is InChI=1S/C39H51N5O9S/c1-2-26-21-39(26,37(48)42-54(50,51)28-15-16-28)41-34(45)30-20-27-22-44(30)36(47)33(23-10-5-6-11-23)40-38(49)53-31-18-25(31)13-4-3-9-17-43-32(52-27)19-24-12-7-8-14-29(24)35(43)46/h7-8,12,14,19,23,25-28,30-31,33H,2-6,9-11,13,15-18,20-22H2,1H3,(H,40,49)(H,41,45)(H,42,48)/t25-,26-,27+,30-,31-,33-,39+/m0/s1. The van der Waals surface area contributed by atoms with E-state index in [0.717, 1.165) is 57.8 Å². The van der Waals surface area contributed by atoms with Crippen molar-refractivity contribution < 1.29 is 37.1 Å². The van der Waals surface area contributed by atoms with Crippen molar-refractivity contribution in [3.63, 3.8) is 0 Å². The Morgan fingerprint density at radius 3 is 2.43 bits per heavy atom. The number of benzene rings is 1. The van der Waals surface area contributed by atoms with Crippen LogP contribution in [0.4, 0.5) is 4.79 Å². The smallest absolute Gasteiger partial charge is 0.408 e. The van der Waals surface area contributed by atoms with Crippen LogP contribution in [0.3, 0.4) is 0 Å². The van der Waals surface area contributed by atoms with Crippen molar-refractivity contribution in [2.24, 2.45) is 17.8 Å². The zero-order valence-electron chi connectivity index (χ0n) is 30.8. The molecule has 14 nitrogen and oxygen atoms in total. The molecular formula is C39H51N5O9S.